The van der Waals surface area contributed by atoms with Gasteiger partial charge in [-0.05, 0) is 32.4 Å². The lowest BCUT2D eigenvalue weighted by Gasteiger charge is -2.21. The fraction of sp³-hybridized carbons (Fsp3) is 0.533. The van der Waals surface area contributed by atoms with E-state index in [1.165, 1.54) is 0 Å². The van der Waals surface area contributed by atoms with Crippen LogP contribution in [0.3, 0.4) is 0 Å². The standard InChI is InChI=1S/C15H22N2O2/c1-12(13(2)18-3)17-14-7-6-8-15(11-14)19-10-5-4-9-16/h6-8,11-13,17H,4-5,10H2,1-3H3. The first-order valence-electron chi connectivity index (χ1n) is 6.56. The lowest BCUT2D eigenvalue weighted by Crippen LogP contribution is -2.29. The molecule has 0 aliphatic rings. The second-order valence-electron chi connectivity index (χ2n) is 4.51. The minimum Gasteiger partial charge on any atom is -0.493 e. The van der Waals surface area contributed by atoms with Crippen molar-refractivity contribution in [3.63, 3.8) is 0 Å². The molecule has 4 heteroatoms. The molecule has 0 spiro atoms. The molecule has 0 aliphatic heterocycles. The van der Waals surface area contributed by atoms with Crippen molar-refractivity contribution < 1.29 is 9.47 Å². The van der Waals surface area contributed by atoms with E-state index in [1.54, 1.807) is 7.11 Å². The van der Waals surface area contributed by atoms with Gasteiger partial charge in [-0.25, -0.2) is 0 Å². The first kappa shape index (κ1) is 15.3. The van der Waals surface area contributed by atoms with Crippen molar-refractivity contribution in [3.8, 4) is 11.8 Å². The Balaban J connectivity index is 2.50. The molecule has 2 atom stereocenters. The number of hydrogen-bond acceptors (Lipinski definition) is 4. The predicted octanol–water partition coefficient (Wildman–Crippen LogP) is 3.20. The first-order chi connectivity index (χ1) is 9.17. The van der Waals surface area contributed by atoms with Gasteiger partial charge in [-0.2, -0.15) is 5.26 Å². The highest BCUT2D eigenvalue weighted by Gasteiger charge is 2.10. The molecule has 0 saturated heterocycles. The van der Waals surface area contributed by atoms with Crippen LogP contribution in [0, 0.1) is 11.3 Å². The third-order valence-corrected chi connectivity index (χ3v) is 3.01. The molecule has 1 aromatic carbocycles. The van der Waals surface area contributed by atoms with E-state index in [0.29, 0.717) is 13.0 Å². The van der Waals surface area contributed by atoms with E-state index >= 15 is 0 Å². The number of hydrogen-bond donors (Lipinski definition) is 1. The van der Waals surface area contributed by atoms with Crippen LogP contribution in [-0.2, 0) is 4.74 Å². The van der Waals surface area contributed by atoms with Crippen molar-refractivity contribution in [1.29, 1.82) is 5.26 Å². The fourth-order valence-corrected chi connectivity index (χ4v) is 1.60. The van der Waals surface area contributed by atoms with Crippen LogP contribution in [0.2, 0.25) is 0 Å². The van der Waals surface area contributed by atoms with Crippen molar-refractivity contribution in [2.24, 2.45) is 0 Å². The molecule has 0 aromatic heterocycles. The molecule has 0 aliphatic carbocycles. The number of benzene rings is 1. The van der Waals surface area contributed by atoms with Gasteiger partial charge in [0.1, 0.15) is 5.75 Å². The van der Waals surface area contributed by atoms with Gasteiger partial charge in [-0.1, -0.05) is 6.07 Å². The molecular formula is C15H22N2O2. The number of rotatable bonds is 8. The summed E-state index contributed by atoms with van der Waals surface area (Å²) in [5.41, 5.74) is 1.01. The van der Waals surface area contributed by atoms with Gasteiger partial charge in [0, 0.05) is 31.3 Å². The summed E-state index contributed by atoms with van der Waals surface area (Å²) in [6, 6.07) is 10.2. The topological polar surface area (TPSA) is 54.3 Å². The maximum atomic E-state index is 8.45. The van der Waals surface area contributed by atoms with Crippen molar-refractivity contribution in [3.05, 3.63) is 24.3 Å². The van der Waals surface area contributed by atoms with Gasteiger partial charge in [-0.3, -0.25) is 0 Å². The highest BCUT2D eigenvalue weighted by atomic mass is 16.5. The average molecular weight is 262 g/mol. The summed E-state index contributed by atoms with van der Waals surface area (Å²) in [6.07, 6.45) is 1.42. The van der Waals surface area contributed by atoms with E-state index in [1.807, 2.05) is 31.2 Å². The van der Waals surface area contributed by atoms with Crippen molar-refractivity contribution in [1.82, 2.24) is 0 Å². The van der Waals surface area contributed by atoms with Crippen LogP contribution in [0.15, 0.2) is 24.3 Å². The van der Waals surface area contributed by atoms with Gasteiger partial charge in [0.15, 0.2) is 0 Å². The zero-order valence-electron chi connectivity index (χ0n) is 11.8. The Kier molecular flexibility index (Phi) is 6.76. The van der Waals surface area contributed by atoms with Crippen LogP contribution < -0.4 is 10.1 Å². The predicted molar refractivity (Wildman–Crippen MR) is 76.3 cm³/mol. The quantitative estimate of drug-likeness (QED) is 0.731. The second-order valence-corrected chi connectivity index (χ2v) is 4.51. The maximum Gasteiger partial charge on any atom is 0.121 e. The normalized spacial score (nSPS) is 13.4. The fourth-order valence-electron chi connectivity index (χ4n) is 1.60. The molecule has 0 saturated carbocycles. The highest BCUT2D eigenvalue weighted by molar-refractivity contribution is 5.48. The minimum absolute atomic E-state index is 0.139. The molecule has 0 radical (unpaired) electrons. The van der Waals surface area contributed by atoms with E-state index in [9.17, 15) is 0 Å². The second kappa shape index (κ2) is 8.39. The molecule has 0 fully saturated rings. The van der Waals surface area contributed by atoms with E-state index in [2.05, 4.69) is 18.3 Å². The lowest BCUT2D eigenvalue weighted by atomic mass is 10.2. The Bertz CT molecular complexity index is 415. The van der Waals surface area contributed by atoms with Crippen molar-refractivity contribution >= 4 is 5.69 Å². The molecule has 0 bridgehead atoms. The van der Waals surface area contributed by atoms with Crippen LogP contribution >= 0.6 is 0 Å². The number of anilines is 1. The van der Waals surface area contributed by atoms with E-state index in [4.69, 9.17) is 14.7 Å². The summed E-state index contributed by atoms with van der Waals surface area (Å²) in [7, 11) is 1.71. The smallest absolute Gasteiger partial charge is 0.121 e. The van der Waals surface area contributed by atoms with Crippen LogP contribution in [-0.4, -0.2) is 25.9 Å². The van der Waals surface area contributed by atoms with E-state index < -0.39 is 0 Å². The van der Waals surface area contributed by atoms with Gasteiger partial charge >= 0.3 is 0 Å². The number of ether oxygens (including phenoxy) is 2. The van der Waals surface area contributed by atoms with Crippen molar-refractivity contribution in [2.75, 3.05) is 19.0 Å². The highest BCUT2D eigenvalue weighted by Crippen LogP contribution is 2.19. The third kappa shape index (κ3) is 5.62. The third-order valence-electron chi connectivity index (χ3n) is 3.01. The van der Waals surface area contributed by atoms with Crippen molar-refractivity contribution in [2.45, 2.75) is 38.8 Å². The van der Waals surface area contributed by atoms with Gasteiger partial charge in [0.05, 0.1) is 18.8 Å². The molecule has 1 aromatic rings. The van der Waals surface area contributed by atoms with Gasteiger partial charge in [-0.15, -0.1) is 0 Å². The Hall–Kier alpha value is -1.73. The molecule has 4 nitrogen and oxygen atoms in total. The Morgan fingerprint density at radius 2 is 2.16 bits per heavy atom. The lowest BCUT2D eigenvalue weighted by molar-refractivity contribution is 0.106. The summed E-state index contributed by atoms with van der Waals surface area (Å²) in [4.78, 5) is 0. The van der Waals surface area contributed by atoms with Crippen LogP contribution in [0.1, 0.15) is 26.7 Å². The van der Waals surface area contributed by atoms with Crippen LogP contribution in [0.25, 0.3) is 0 Å². The zero-order valence-corrected chi connectivity index (χ0v) is 11.8. The molecule has 1 N–H and O–H groups in total. The SMILES string of the molecule is COC(C)C(C)Nc1cccc(OCCCC#N)c1. The number of methoxy groups -OCH3 is 1. The Morgan fingerprint density at radius 1 is 1.37 bits per heavy atom. The van der Waals surface area contributed by atoms with Crippen LogP contribution in [0.5, 0.6) is 5.75 Å². The van der Waals surface area contributed by atoms with Gasteiger partial charge in [0.2, 0.25) is 0 Å². The largest absolute Gasteiger partial charge is 0.493 e. The summed E-state index contributed by atoms with van der Waals surface area (Å²) < 4.78 is 10.9. The van der Waals surface area contributed by atoms with E-state index in [-0.39, 0.29) is 12.1 Å². The molecule has 2 unspecified atom stereocenters. The van der Waals surface area contributed by atoms with E-state index in [0.717, 1.165) is 17.9 Å². The molecular weight excluding hydrogens is 240 g/mol. The summed E-state index contributed by atoms with van der Waals surface area (Å²) in [5, 5.41) is 11.8. The monoisotopic (exact) mass is 262 g/mol. The summed E-state index contributed by atoms with van der Waals surface area (Å²) >= 11 is 0. The Labute approximate surface area is 115 Å². The molecule has 1 rings (SSSR count). The molecule has 104 valence electrons. The molecule has 0 heterocycles. The van der Waals surface area contributed by atoms with Gasteiger partial charge in [0.25, 0.3) is 0 Å². The minimum atomic E-state index is 0.139. The zero-order chi connectivity index (χ0) is 14.1. The number of nitriles is 1. The molecule has 0 amide bonds. The maximum absolute atomic E-state index is 8.45. The first-order valence-corrected chi connectivity index (χ1v) is 6.56. The summed E-state index contributed by atoms with van der Waals surface area (Å²) in [5.74, 6) is 0.820. The number of nitrogens with zero attached hydrogens (tertiary/aromatic N) is 1. The Morgan fingerprint density at radius 3 is 2.84 bits per heavy atom. The van der Waals surface area contributed by atoms with Gasteiger partial charge < -0.3 is 14.8 Å². The number of unbranched alkanes of at least 4 members (excludes halogenated alkanes) is 1. The number of nitrogens with one attached hydrogen (secondary N) is 1. The average Bonchev–Trinajstić information content (AvgIpc) is 2.43. The molecule has 19 heavy (non-hydrogen) atoms. The van der Waals surface area contributed by atoms with Crippen LogP contribution in [0.4, 0.5) is 5.69 Å². The summed E-state index contributed by atoms with van der Waals surface area (Å²) in [6.45, 7) is 4.68.